The zero-order chi connectivity index (χ0) is 16.1. The Hall–Kier alpha value is -2.41. The normalized spacial score (nSPS) is 20.7. The van der Waals surface area contributed by atoms with Crippen LogP contribution in [0.3, 0.4) is 0 Å². The molecule has 4 nitrogen and oxygen atoms in total. The predicted octanol–water partition coefficient (Wildman–Crippen LogP) is 2.52. The van der Waals surface area contributed by atoms with Crippen LogP contribution >= 0.6 is 0 Å². The highest BCUT2D eigenvalue weighted by atomic mass is 19.2. The largest absolute Gasteiger partial charge is 0.326 e. The molecule has 0 fully saturated rings. The van der Waals surface area contributed by atoms with Crippen LogP contribution in [-0.2, 0) is 13.0 Å². The molecule has 0 bridgehead atoms. The highest BCUT2D eigenvalue weighted by molar-refractivity contribution is 5.74. The van der Waals surface area contributed by atoms with Crippen molar-refractivity contribution in [3.8, 4) is 0 Å². The smallest absolute Gasteiger partial charge is 0.161 e. The van der Waals surface area contributed by atoms with Gasteiger partial charge in [-0.3, -0.25) is 4.98 Å². The van der Waals surface area contributed by atoms with Gasteiger partial charge in [0.1, 0.15) is 11.6 Å². The molecule has 2 atom stereocenters. The zero-order valence-electron chi connectivity index (χ0n) is 12.0. The maximum absolute atomic E-state index is 14.1. The maximum atomic E-state index is 14.1. The Labute approximate surface area is 129 Å². The van der Waals surface area contributed by atoms with Gasteiger partial charge in [0.15, 0.2) is 11.6 Å². The average molecular weight is 318 g/mol. The molecule has 0 radical (unpaired) electrons. The number of rotatable bonds is 1. The summed E-state index contributed by atoms with van der Waals surface area (Å²) in [5.74, 6) is -2.77. The van der Waals surface area contributed by atoms with E-state index >= 15 is 0 Å². The van der Waals surface area contributed by atoms with E-state index in [4.69, 9.17) is 5.73 Å². The zero-order valence-corrected chi connectivity index (χ0v) is 12.0. The number of hydrogen-bond acceptors (Lipinski definition) is 3. The Morgan fingerprint density at radius 2 is 1.91 bits per heavy atom. The van der Waals surface area contributed by atoms with Gasteiger partial charge in [0.25, 0.3) is 0 Å². The molecule has 118 valence electrons. The lowest BCUT2D eigenvalue weighted by Crippen LogP contribution is -2.39. The molecule has 4 rings (SSSR count). The Morgan fingerprint density at radius 3 is 2.74 bits per heavy atom. The quantitative estimate of drug-likeness (QED) is 0.702. The minimum absolute atomic E-state index is 0.0906. The van der Waals surface area contributed by atoms with E-state index in [0.717, 1.165) is 22.9 Å². The fourth-order valence-electron chi connectivity index (χ4n) is 3.23. The molecule has 0 amide bonds. The van der Waals surface area contributed by atoms with Crippen LogP contribution < -0.4 is 5.73 Å². The summed E-state index contributed by atoms with van der Waals surface area (Å²) in [6.07, 6.45) is 3.71. The molecule has 0 aliphatic carbocycles. The number of aromatic nitrogens is 3. The van der Waals surface area contributed by atoms with Crippen molar-refractivity contribution < 1.29 is 13.2 Å². The van der Waals surface area contributed by atoms with Gasteiger partial charge >= 0.3 is 0 Å². The number of fused-ring (bicyclic) bond motifs is 3. The van der Waals surface area contributed by atoms with Crippen LogP contribution in [0.4, 0.5) is 13.2 Å². The molecule has 3 heterocycles. The number of pyridine rings is 1. The van der Waals surface area contributed by atoms with Gasteiger partial charge in [-0.2, -0.15) is 0 Å². The lowest BCUT2D eigenvalue weighted by Gasteiger charge is -2.30. The Kier molecular flexibility index (Phi) is 3.12. The van der Waals surface area contributed by atoms with Gasteiger partial charge in [-0.15, -0.1) is 0 Å². The summed E-state index contributed by atoms with van der Waals surface area (Å²) in [7, 11) is 0. The van der Waals surface area contributed by atoms with Crippen molar-refractivity contribution in [2.24, 2.45) is 5.73 Å². The molecule has 1 aliphatic heterocycles. The van der Waals surface area contributed by atoms with Gasteiger partial charge in [-0.1, -0.05) is 0 Å². The van der Waals surface area contributed by atoms with Crippen molar-refractivity contribution in [2.75, 3.05) is 0 Å². The van der Waals surface area contributed by atoms with Crippen molar-refractivity contribution in [1.82, 2.24) is 14.5 Å². The van der Waals surface area contributed by atoms with Gasteiger partial charge in [0, 0.05) is 37.2 Å². The van der Waals surface area contributed by atoms with Crippen molar-refractivity contribution in [3.63, 3.8) is 0 Å². The molecule has 0 saturated carbocycles. The number of benzene rings is 1. The third kappa shape index (κ3) is 2.19. The van der Waals surface area contributed by atoms with E-state index in [9.17, 15) is 13.2 Å². The van der Waals surface area contributed by atoms with E-state index in [1.165, 1.54) is 0 Å². The van der Waals surface area contributed by atoms with Crippen molar-refractivity contribution in [2.45, 2.75) is 24.9 Å². The van der Waals surface area contributed by atoms with Crippen LogP contribution in [0.1, 0.15) is 17.3 Å². The monoisotopic (exact) mass is 318 g/mol. The standard InChI is InChI=1S/C16H13F3N4/c17-10-5-12(19)11(18)3-8(10)9-4-16-22-14-1-2-21-6-15(14)23(16)7-13(9)20/h1-3,5-6,9,13H,4,7,20H2/t9-,13?/m1/s1. The summed E-state index contributed by atoms with van der Waals surface area (Å²) >= 11 is 0. The molecule has 1 unspecified atom stereocenters. The first-order chi connectivity index (χ1) is 11.0. The molecule has 2 N–H and O–H groups in total. The summed E-state index contributed by atoms with van der Waals surface area (Å²) < 4.78 is 42.6. The third-order valence-electron chi connectivity index (χ3n) is 4.38. The van der Waals surface area contributed by atoms with Gasteiger partial charge in [-0.25, -0.2) is 18.2 Å². The van der Waals surface area contributed by atoms with Gasteiger partial charge in [-0.05, 0) is 17.7 Å². The Balaban J connectivity index is 1.79. The summed E-state index contributed by atoms with van der Waals surface area (Å²) in [5, 5.41) is 0. The SMILES string of the molecule is NC1Cn2c(nc3ccncc32)C[C@@H]1c1cc(F)c(F)cc1F. The molecule has 0 saturated heterocycles. The number of halogens is 3. The van der Waals surface area contributed by atoms with E-state index in [2.05, 4.69) is 9.97 Å². The topological polar surface area (TPSA) is 56.7 Å². The molecular weight excluding hydrogens is 305 g/mol. The lowest BCUT2D eigenvalue weighted by atomic mass is 9.86. The van der Waals surface area contributed by atoms with Crippen LogP contribution in [0.2, 0.25) is 0 Å². The van der Waals surface area contributed by atoms with Gasteiger partial charge in [0.05, 0.1) is 17.2 Å². The molecule has 7 heteroatoms. The van der Waals surface area contributed by atoms with Crippen LogP contribution in [0.15, 0.2) is 30.6 Å². The number of nitrogens with two attached hydrogens (primary N) is 1. The van der Waals surface area contributed by atoms with Crippen LogP contribution in [0, 0.1) is 17.5 Å². The molecule has 23 heavy (non-hydrogen) atoms. The van der Waals surface area contributed by atoms with Gasteiger partial charge < -0.3 is 10.3 Å². The molecule has 1 aliphatic rings. The highest BCUT2D eigenvalue weighted by Crippen LogP contribution is 2.33. The van der Waals surface area contributed by atoms with Gasteiger partial charge in [0.2, 0.25) is 0 Å². The van der Waals surface area contributed by atoms with E-state index < -0.39 is 29.4 Å². The van der Waals surface area contributed by atoms with E-state index in [0.29, 0.717) is 19.0 Å². The first-order valence-corrected chi connectivity index (χ1v) is 7.23. The van der Waals surface area contributed by atoms with Crippen LogP contribution in [-0.4, -0.2) is 20.6 Å². The fraction of sp³-hybridized carbons (Fsp3) is 0.250. The molecule has 1 aromatic carbocycles. The van der Waals surface area contributed by atoms with E-state index in [1.54, 1.807) is 18.5 Å². The molecule has 0 spiro atoms. The number of hydrogen-bond donors (Lipinski definition) is 1. The number of imidazole rings is 1. The molecular formula is C16H13F3N4. The molecule has 3 aromatic rings. The summed E-state index contributed by atoms with van der Waals surface area (Å²) in [4.78, 5) is 8.59. The Morgan fingerprint density at radius 1 is 1.13 bits per heavy atom. The van der Waals surface area contributed by atoms with Crippen molar-refractivity contribution >= 4 is 11.0 Å². The van der Waals surface area contributed by atoms with E-state index in [1.807, 2.05) is 4.57 Å². The third-order valence-corrected chi connectivity index (χ3v) is 4.38. The Bertz CT molecular complexity index is 906. The minimum atomic E-state index is -1.20. The first-order valence-electron chi connectivity index (χ1n) is 7.23. The van der Waals surface area contributed by atoms with Crippen LogP contribution in [0.5, 0.6) is 0 Å². The fourth-order valence-corrected chi connectivity index (χ4v) is 3.23. The second-order valence-electron chi connectivity index (χ2n) is 5.77. The lowest BCUT2D eigenvalue weighted by molar-refractivity contribution is 0.391. The second kappa shape index (κ2) is 5.06. The minimum Gasteiger partial charge on any atom is -0.326 e. The number of nitrogens with zero attached hydrogens (tertiary/aromatic N) is 3. The predicted molar refractivity (Wildman–Crippen MR) is 78.3 cm³/mol. The van der Waals surface area contributed by atoms with Crippen molar-refractivity contribution in [1.29, 1.82) is 0 Å². The van der Waals surface area contributed by atoms with Crippen LogP contribution in [0.25, 0.3) is 11.0 Å². The summed E-state index contributed by atoms with van der Waals surface area (Å²) in [5.41, 5.74) is 7.92. The average Bonchev–Trinajstić information content (AvgIpc) is 2.88. The summed E-state index contributed by atoms with van der Waals surface area (Å²) in [6.45, 7) is 0.417. The second-order valence-corrected chi connectivity index (χ2v) is 5.77. The first kappa shape index (κ1) is 14.2. The maximum Gasteiger partial charge on any atom is 0.161 e. The molecule has 2 aromatic heterocycles. The highest BCUT2D eigenvalue weighted by Gasteiger charge is 2.32. The summed E-state index contributed by atoms with van der Waals surface area (Å²) in [6, 6.07) is 2.83. The van der Waals surface area contributed by atoms with E-state index in [-0.39, 0.29) is 5.56 Å². The van der Waals surface area contributed by atoms with Crippen molar-refractivity contribution in [3.05, 3.63) is 59.4 Å².